The summed E-state index contributed by atoms with van der Waals surface area (Å²) in [7, 11) is -2.59. The van der Waals surface area contributed by atoms with E-state index in [2.05, 4.69) is 43.0 Å². The minimum Gasteiger partial charge on any atom is -0.613 e. The van der Waals surface area contributed by atoms with Crippen molar-refractivity contribution >= 4 is 29.1 Å². The molecule has 5 heteroatoms. The molecule has 0 aliphatic carbocycles. The second-order valence-corrected chi connectivity index (χ2v) is 10.7. The van der Waals surface area contributed by atoms with E-state index in [-0.39, 0.29) is 25.2 Å². The first-order valence-electron chi connectivity index (χ1n) is 11.0. The average Bonchev–Trinajstić information content (AvgIpc) is 2.85. The lowest BCUT2D eigenvalue weighted by Gasteiger charge is -2.31. The quantitative estimate of drug-likeness (QED) is 0.198. The molecule has 33 heavy (non-hydrogen) atoms. The SMILES string of the molecule is C=C(/C(CC(=O)OCC)=C(\[O-])OCC)[P+](c1ccccc1)(c1ccccc1)c1ccccc1. The lowest BCUT2D eigenvalue weighted by Crippen LogP contribution is -2.33. The zero-order valence-corrected chi connectivity index (χ0v) is 20.0. The number of benzene rings is 3. The number of carbonyl (C=O) groups excluding carboxylic acids is 1. The van der Waals surface area contributed by atoms with E-state index in [1.807, 2.05) is 54.6 Å². The molecule has 3 rings (SSSR count). The van der Waals surface area contributed by atoms with Crippen molar-refractivity contribution in [3.63, 3.8) is 0 Å². The monoisotopic (exact) mass is 460 g/mol. The summed E-state index contributed by atoms with van der Waals surface area (Å²) in [5.74, 6) is -1.02. The van der Waals surface area contributed by atoms with E-state index in [9.17, 15) is 9.90 Å². The van der Waals surface area contributed by atoms with Crippen molar-refractivity contribution in [1.82, 2.24) is 0 Å². The summed E-state index contributed by atoms with van der Waals surface area (Å²) < 4.78 is 10.6. The topological polar surface area (TPSA) is 58.6 Å². The molecule has 0 spiro atoms. The van der Waals surface area contributed by atoms with Gasteiger partial charge in [-0.05, 0) is 49.9 Å². The maximum atomic E-state index is 13.2. The standard InChI is InChI=1S/C28H29O4P/c1-4-31-27(29)21-26(28(30)32-5-2)22(3)33(23-15-9-6-10-16-23,24-17-11-7-12-18-24)25-19-13-8-14-20-25/h6-20H,3-5,21H2,1-2H3/b28-26+. The van der Waals surface area contributed by atoms with Crippen LogP contribution in [0.15, 0.2) is 114 Å². The van der Waals surface area contributed by atoms with Crippen LogP contribution in [0.4, 0.5) is 0 Å². The van der Waals surface area contributed by atoms with Crippen LogP contribution in [0, 0.1) is 0 Å². The van der Waals surface area contributed by atoms with Gasteiger partial charge >= 0.3 is 5.97 Å². The van der Waals surface area contributed by atoms with Crippen LogP contribution < -0.4 is 21.0 Å². The fraction of sp³-hybridized carbons (Fsp3) is 0.179. The van der Waals surface area contributed by atoms with Gasteiger partial charge in [0.2, 0.25) is 0 Å². The molecule has 0 aliphatic heterocycles. The van der Waals surface area contributed by atoms with Crippen LogP contribution in [0.2, 0.25) is 0 Å². The molecule has 0 amide bonds. The Balaban J connectivity index is 2.35. The molecule has 0 aromatic heterocycles. The average molecular weight is 461 g/mol. The number of esters is 1. The van der Waals surface area contributed by atoms with Gasteiger partial charge in [0.15, 0.2) is 0 Å². The molecular weight excluding hydrogens is 431 g/mol. The summed E-state index contributed by atoms with van der Waals surface area (Å²) in [5.41, 5.74) is 0.250. The fourth-order valence-corrected chi connectivity index (χ4v) is 8.20. The number of allylic oxidation sites excluding steroid dienone is 1. The molecule has 0 N–H and O–H groups in total. The highest BCUT2D eigenvalue weighted by atomic mass is 31.2. The maximum Gasteiger partial charge on any atom is 0.310 e. The Bertz CT molecular complexity index is 996. The number of hydrogen-bond acceptors (Lipinski definition) is 4. The molecule has 0 atom stereocenters. The summed E-state index contributed by atoms with van der Waals surface area (Å²) in [6.45, 7) is 8.40. The number of hydrogen-bond donors (Lipinski definition) is 0. The van der Waals surface area contributed by atoms with E-state index >= 15 is 0 Å². The zero-order chi connectivity index (χ0) is 23.7. The second-order valence-electron chi connectivity index (χ2n) is 7.30. The molecule has 0 unspecified atom stereocenters. The minimum absolute atomic E-state index is 0.195. The Kier molecular flexibility index (Phi) is 8.46. The highest BCUT2D eigenvalue weighted by molar-refractivity contribution is 7.99. The molecule has 0 aliphatic rings. The molecule has 0 saturated heterocycles. The predicted molar refractivity (Wildman–Crippen MR) is 134 cm³/mol. The van der Waals surface area contributed by atoms with Gasteiger partial charge < -0.3 is 14.6 Å². The van der Waals surface area contributed by atoms with Crippen LogP contribution in [0.3, 0.4) is 0 Å². The maximum absolute atomic E-state index is 13.2. The van der Waals surface area contributed by atoms with Gasteiger partial charge in [0.25, 0.3) is 0 Å². The normalized spacial score (nSPS) is 11.9. The van der Waals surface area contributed by atoms with Gasteiger partial charge in [-0.15, -0.1) is 0 Å². The van der Waals surface area contributed by atoms with Gasteiger partial charge in [0.05, 0.1) is 19.0 Å². The van der Waals surface area contributed by atoms with Crippen LogP contribution in [0.5, 0.6) is 0 Å². The lowest BCUT2D eigenvalue weighted by molar-refractivity contribution is -0.358. The molecule has 3 aromatic rings. The van der Waals surface area contributed by atoms with Gasteiger partial charge in [-0.25, -0.2) is 0 Å². The zero-order valence-electron chi connectivity index (χ0n) is 19.1. The van der Waals surface area contributed by atoms with Crippen molar-refractivity contribution in [1.29, 1.82) is 0 Å². The third-order valence-corrected chi connectivity index (χ3v) is 9.63. The largest absolute Gasteiger partial charge is 0.613 e. The van der Waals surface area contributed by atoms with E-state index < -0.39 is 19.2 Å². The lowest BCUT2D eigenvalue weighted by atomic mass is 10.2. The van der Waals surface area contributed by atoms with Gasteiger partial charge in [-0.1, -0.05) is 68.1 Å². The molecule has 0 bridgehead atoms. The molecule has 170 valence electrons. The molecule has 0 heterocycles. The first-order chi connectivity index (χ1) is 16.1. The number of rotatable bonds is 10. The van der Waals surface area contributed by atoms with E-state index in [1.54, 1.807) is 13.8 Å². The Morgan fingerprint density at radius 3 is 1.52 bits per heavy atom. The second kappa shape index (κ2) is 11.5. The van der Waals surface area contributed by atoms with E-state index in [0.29, 0.717) is 5.31 Å². The van der Waals surface area contributed by atoms with Crippen molar-refractivity contribution < 1.29 is 19.4 Å². The number of carbonyl (C=O) groups is 1. The predicted octanol–water partition coefficient (Wildman–Crippen LogP) is 4.06. The van der Waals surface area contributed by atoms with Crippen LogP contribution >= 0.6 is 7.26 Å². The van der Waals surface area contributed by atoms with Crippen molar-refractivity contribution in [2.45, 2.75) is 20.3 Å². The molecule has 0 saturated carbocycles. The first-order valence-corrected chi connectivity index (χ1v) is 12.8. The fourth-order valence-electron chi connectivity index (χ4n) is 3.94. The molecule has 0 radical (unpaired) electrons. The molecular formula is C28H29O4P. The summed E-state index contributed by atoms with van der Waals surface area (Å²) in [5, 5.41) is 16.9. The number of ether oxygens (including phenoxy) is 2. The Labute approximate surface area is 196 Å². The Morgan fingerprint density at radius 2 is 1.15 bits per heavy atom. The third-order valence-electron chi connectivity index (χ3n) is 5.33. The van der Waals surface area contributed by atoms with Gasteiger partial charge in [0.1, 0.15) is 28.5 Å². The summed E-state index contributed by atoms with van der Waals surface area (Å²) in [4.78, 5) is 12.5. The van der Waals surface area contributed by atoms with Crippen LogP contribution in [0.1, 0.15) is 20.3 Å². The molecule has 3 aromatic carbocycles. The summed E-state index contributed by atoms with van der Waals surface area (Å²) >= 11 is 0. The van der Waals surface area contributed by atoms with Crippen molar-refractivity contribution in [2.24, 2.45) is 0 Å². The Hall–Kier alpha value is -3.36. The van der Waals surface area contributed by atoms with Gasteiger partial charge in [-0.2, -0.15) is 0 Å². The highest BCUT2D eigenvalue weighted by Gasteiger charge is 2.50. The van der Waals surface area contributed by atoms with E-state index in [4.69, 9.17) is 9.47 Å². The van der Waals surface area contributed by atoms with Crippen LogP contribution in [-0.2, 0) is 14.3 Å². The first kappa shape index (κ1) is 24.3. The van der Waals surface area contributed by atoms with Crippen LogP contribution in [0.25, 0.3) is 0 Å². The smallest absolute Gasteiger partial charge is 0.310 e. The Morgan fingerprint density at radius 1 is 0.758 bits per heavy atom. The van der Waals surface area contributed by atoms with Crippen LogP contribution in [-0.4, -0.2) is 19.2 Å². The van der Waals surface area contributed by atoms with E-state index in [0.717, 1.165) is 15.9 Å². The third kappa shape index (κ3) is 5.18. The van der Waals surface area contributed by atoms with E-state index in [1.165, 1.54) is 0 Å². The van der Waals surface area contributed by atoms with Crippen molar-refractivity contribution in [3.8, 4) is 0 Å². The summed E-state index contributed by atoms with van der Waals surface area (Å²) in [6, 6.07) is 30.2. The summed E-state index contributed by atoms with van der Waals surface area (Å²) in [6.07, 6.45) is -0.195. The van der Waals surface area contributed by atoms with Gasteiger partial charge in [0, 0.05) is 5.57 Å². The molecule has 0 fully saturated rings. The minimum atomic E-state index is -2.59. The molecule has 4 nitrogen and oxygen atoms in total. The van der Waals surface area contributed by atoms with Crippen molar-refractivity contribution in [2.75, 3.05) is 13.2 Å². The van der Waals surface area contributed by atoms with Crippen molar-refractivity contribution in [3.05, 3.63) is 114 Å². The highest BCUT2D eigenvalue weighted by Crippen LogP contribution is 2.64. The van der Waals surface area contributed by atoms with Gasteiger partial charge in [-0.3, -0.25) is 4.79 Å².